The van der Waals surface area contributed by atoms with Gasteiger partial charge in [0.15, 0.2) is 0 Å². The molecule has 0 spiro atoms. The third-order valence-electron chi connectivity index (χ3n) is 4.37. The number of halogens is 3. The van der Waals surface area contributed by atoms with E-state index in [1.54, 1.807) is 12.3 Å². The Balaban J connectivity index is 0.00000280. The fourth-order valence-electron chi connectivity index (χ4n) is 2.87. The molecular weight excluding hydrogens is 427 g/mol. The molecule has 0 aliphatic carbocycles. The summed E-state index contributed by atoms with van der Waals surface area (Å²) in [5.41, 5.74) is 1.68. The number of carboxylic acids is 1. The van der Waals surface area contributed by atoms with Crippen LogP contribution in [0.25, 0.3) is 0 Å². The molecule has 1 saturated heterocycles. The lowest BCUT2D eigenvalue weighted by Gasteiger charge is -2.32. The molecule has 2 heterocycles. The van der Waals surface area contributed by atoms with Crippen LogP contribution in [-0.2, 0) is 16.1 Å². The molecule has 1 unspecified atom stereocenters. The second-order valence-electron chi connectivity index (χ2n) is 6.22. The molecule has 1 aromatic heterocycles. The number of hydrogen-bond donors (Lipinski definition) is 1. The van der Waals surface area contributed by atoms with Gasteiger partial charge in [0.1, 0.15) is 17.5 Å². The first kappa shape index (κ1) is 22.7. The van der Waals surface area contributed by atoms with Crippen molar-refractivity contribution < 1.29 is 19.4 Å². The molecule has 1 aromatic carbocycles. The smallest absolute Gasteiger partial charge is 0.304 e. The largest absolute Gasteiger partial charge is 0.489 e. The molecule has 2 aromatic rings. The number of pyridine rings is 1. The first-order valence-electron chi connectivity index (χ1n) is 8.60. The lowest BCUT2D eigenvalue weighted by Crippen LogP contribution is -2.39. The molecule has 0 radical (unpaired) electrons. The molecule has 0 bridgehead atoms. The van der Waals surface area contributed by atoms with Gasteiger partial charge in [-0.05, 0) is 23.8 Å². The van der Waals surface area contributed by atoms with Crippen LogP contribution in [0.5, 0.6) is 5.75 Å². The van der Waals surface area contributed by atoms with E-state index in [9.17, 15) is 4.79 Å². The van der Waals surface area contributed by atoms with Crippen LogP contribution in [0.1, 0.15) is 23.7 Å². The minimum Gasteiger partial charge on any atom is -0.489 e. The van der Waals surface area contributed by atoms with E-state index in [2.05, 4.69) is 9.88 Å². The Kier molecular flexibility index (Phi) is 8.79. The van der Waals surface area contributed by atoms with Crippen LogP contribution in [-0.4, -0.2) is 47.2 Å². The van der Waals surface area contributed by atoms with Gasteiger partial charge in [-0.15, -0.1) is 12.4 Å². The first-order chi connectivity index (χ1) is 13.0. The van der Waals surface area contributed by atoms with Crippen LogP contribution in [0, 0.1) is 0 Å². The van der Waals surface area contributed by atoms with Gasteiger partial charge < -0.3 is 14.6 Å². The zero-order valence-electron chi connectivity index (χ0n) is 15.0. The van der Waals surface area contributed by atoms with Crippen LogP contribution in [0.3, 0.4) is 0 Å². The van der Waals surface area contributed by atoms with Gasteiger partial charge in [-0.1, -0.05) is 35.3 Å². The quantitative estimate of drug-likeness (QED) is 0.640. The minimum atomic E-state index is -0.784. The molecule has 0 amide bonds. The predicted octanol–water partition coefficient (Wildman–Crippen LogP) is 4.24. The molecule has 1 aliphatic heterocycles. The summed E-state index contributed by atoms with van der Waals surface area (Å²) in [6.07, 6.45) is 1.61. The zero-order valence-corrected chi connectivity index (χ0v) is 17.3. The lowest BCUT2D eigenvalue weighted by atomic mass is 10.1. The van der Waals surface area contributed by atoms with Gasteiger partial charge in [0.05, 0.1) is 24.2 Å². The third kappa shape index (κ3) is 6.22. The summed E-state index contributed by atoms with van der Waals surface area (Å²) in [6, 6.07) is 9.31. The van der Waals surface area contributed by atoms with E-state index in [0.29, 0.717) is 41.2 Å². The molecule has 1 aliphatic rings. The van der Waals surface area contributed by atoms with E-state index in [0.717, 1.165) is 12.1 Å². The Labute approximate surface area is 179 Å². The van der Waals surface area contributed by atoms with E-state index < -0.39 is 5.97 Å². The average molecular weight is 448 g/mol. The van der Waals surface area contributed by atoms with Crippen molar-refractivity contribution in [2.45, 2.75) is 19.1 Å². The van der Waals surface area contributed by atoms with E-state index >= 15 is 0 Å². The Morgan fingerprint density at radius 2 is 2.04 bits per heavy atom. The Bertz CT molecular complexity index is 769. The minimum absolute atomic E-state index is 0. The molecule has 1 fully saturated rings. The van der Waals surface area contributed by atoms with Crippen molar-refractivity contribution in [2.24, 2.45) is 0 Å². The highest BCUT2D eigenvalue weighted by atomic mass is 35.5. The maximum atomic E-state index is 10.7. The highest BCUT2D eigenvalue weighted by Crippen LogP contribution is 2.27. The number of nitrogens with zero attached hydrogens (tertiary/aromatic N) is 2. The Hall–Kier alpha value is -1.57. The van der Waals surface area contributed by atoms with Gasteiger partial charge in [-0.2, -0.15) is 0 Å². The topological polar surface area (TPSA) is 71.9 Å². The van der Waals surface area contributed by atoms with Crippen LogP contribution in [0.4, 0.5) is 0 Å². The number of rotatable bonds is 7. The number of aliphatic carboxylic acids is 1. The molecule has 6 nitrogen and oxygen atoms in total. The van der Waals surface area contributed by atoms with Gasteiger partial charge in [-0.3, -0.25) is 9.69 Å². The highest BCUT2D eigenvalue weighted by molar-refractivity contribution is 6.35. The summed E-state index contributed by atoms with van der Waals surface area (Å²) in [5.74, 6) is -0.0957. The van der Waals surface area contributed by atoms with Crippen molar-refractivity contribution in [3.05, 3.63) is 57.8 Å². The van der Waals surface area contributed by atoms with E-state index in [4.69, 9.17) is 37.8 Å². The summed E-state index contributed by atoms with van der Waals surface area (Å²) in [6.45, 7) is 2.77. The fourth-order valence-corrected chi connectivity index (χ4v) is 3.33. The van der Waals surface area contributed by atoms with Crippen molar-refractivity contribution in [2.75, 3.05) is 26.2 Å². The van der Waals surface area contributed by atoms with Crippen molar-refractivity contribution in [3.8, 4) is 5.75 Å². The van der Waals surface area contributed by atoms with Crippen molar-refractivity contribution in [1.29, 1.82) is 0 Å². The van der Waals surface area contributed by atoms with Crippen LogP contribution >= 0.6 is 35.6 Å². The summed E-state index contributed by atoms with van der Waals surface area (Å²) < 4.78 is 11.6. The van der Waals surface area contributed by atoms with Gasteiger partial charge in [0, 0.05) is 31.4 Å². The standard InChI is InChI=1S/C19H20Cl2N2O4.ClH/c20-16-5-7-22-19(21)15(16)12-27-14-3-1-13(2-4-14)17-11-23(9-10-26-17)8-6-18(24)25;/h1-5,7,17H,6,8-12H2,(H,24,25);1H. The molecule has 0 saturated carbocycles. The molecule has 3 rings (SSSR count). The number of morpholine rings is 1. The lowest BCUT2D eigenvalue weighted by molar-refractivity contribution is -0.137. The summed E-state index contributed by atoms with van der Waals surface area (Å²) in [5, 5.41) is 9.68. The first-order valence-corrected chi connectivity index (χ1v) is 9.36. The number of carbonyl (C=O) groups is 1. The Morgan fingerprint density at radius 3 is 2.71 bits per heavy atom. The van der Waals surface area contributed by atoms with Gasteiger partial charge >= 0.3 is 5.97 Å². The molecule has 9 heteroatoms. The van der Waals surface area contributed by atoms with Crippen molar-refractivity contribution in [3.63, 3.8) is 0 Å². The maximum Gasteiger partial charge on any atom is 0.304 e. The van der Waals surface area contributed by atoms with E-state index in [-0.39, 0.29) is 31.5 Å². The zero-order chi connectivity index (χ0) is 19.2. The van der Waals surface area contributed by atoms with Crippen LogP contribution in [0.2, 0.25) is 10.2 Å². The SMILES string of the molecule is Cl.O=C(O)CCN1CCOC(c2ccc(OCc3c(Cl)ccnc3Cl)cc2)C1. The number of benzene rings is 1. The van der Waals surface area contributed by atoms with Crippen LogP contribution < -0.4 is 4.74 Å². The molecule has 152 valence electrons. The van der Waals surface area contributed by atoms with Crippen molar-refractivity contribution >= 4 is 41.6 Å². The number of carboxylic acid groups (broad SMARTS) is 1. The number of ether oxygens (including phenoxy) is 2. The molecule has 1 N–H and O–H groups in total. The predicted molar refractivity (Wildman–Crippen MR) is 110 cm³/mol. The van der Waals surface area contributed by atoms with Gasteiger partial charge in [0.25, 0.3) is 0 Å². The van der Waals surface area contributed by atoms with E-state index in [1.807, 2.05) is 24.3 Å². The Morgan fingerprint density at radius 1 is 1.29 bits per heavy atom. The third-order valence-corrected chi connectivity index (χ3v) is 5.05. The molecule has 1 atom stereocenters. The summed E-state index contributed by atoms with van der Waals surface area (Å²) >= 11 is 12.2. The highest BCUT2D eigenvalue weighted by Gasteiger charge is 2.22. The summed E-state index contributed by atoms with van der Waals surface area (Å²) in [4.78, 5) is 16.9. The molecule has 28 heavy (non-hydrogen) atoms. The molecular formula is C19H21Cl3N2O4. The van der Waals surface area contributed by atoms with E-state index in [1.165, 1.54) is 0 Å². The van der Waals surface area contributed by atoms with Crippen molar-refractivity contribution in [1.82, 2.24) is 9.88 Å². The maximum absolute atomic E-state index is 10.7. The van der Waals surface area contributed by atoms with Gasteiger partial charge in [0.2, 0.25) is 0 Å². The summed E-state index contributed by atoms with van der Waals surface area (Å²) in [7, 11) is 0. The van der Waals surface area contributed by atoms with Gasteiger partial charge in [-0.25, -0.2) is 4.98 Å². The van der Waals surface area contributed by atoms with Crippen LogP contribution in [0.15, 0.2) is 36.5 Å². The fraction of sp³-hybridized carbons (Fsp3) is 0.368. The second kappa shape index (κ2) is 10.8. The number of hydrogen-bond acceptors (Lipinski definition) is 5. The normalized spacial score (nSPS) is 17.0. The second-order valence-corrected chi connectivity index (χ2v) is 6.99. The average Bonchev–Trinajstić information content (AvgIpc) is 2.67. The monoisotopic (exact) mass is 446 g/mol. The number of aromatic nitrogens is 1.